The van der Waals surface area contributed by atoms with Gasteiger partial charge in [0.05, 0.1) is 0 Å². The Morgan fingerprint density at radius 1 is 1.00 bits per heavy atom. The van der Waals surface area contributed by atoms with Crippen molar-refractivity contribution in [3.8, 4) is 0 Å². The molecular formula is C15H28N2. The van der Waals surface area contributed by atoms with E-state index in [1.165, 1.54) is 25.9 Å². The van der Waals surface area contributed by atoms with E-state index in [2.05, 4.69) is 24.5 Å². The maximum Gasteiger partial charge on any atom is 0.0135 e. The number of rotatable bonds is 7. The summed E-state index contributed by atoms with van der Waals surface area (Å²) in [5, 5.41) is 7.31. The fraction of sp³-hybridized carbons (Fsp3) is 1.00. The van der Waals surface area contributed by atoms with Gasteiger partial charge in [-0.2, -0.15) is 0 Å². The van der Waals surface area contributed by atoms with Crippen molar-refractivity contribution in [2.45, 2.75) is 58.0 Å². The molecule has 3 aliphatic rings. The highest BCUT2D eigenvalue weighted by Crippen LogP contribution is 2.65. The van der Waals surface area contributed by atoms with Gasteiger partial charge in [-0.25, -0.2) is 0 Å². The highest BCUT2D eigenvalue weighted by molar-refractivity contribution is 5.16. The number of hydrogen-bond acceptors (Lipinski definition) is 2. The van der Waals surface area contributed by atoms with Crippen molar-refractivity contribution in [2.24, 2.45) is 23.7 Å². The van der Waals surface area contributed by atoms with Crippen LogP contribution < -0.4 is 10.6 Å². The van der Waals surface area contributed by atoms with E-state index in [0.717, 1.165) is 29.7 Å². The van der Waals surface area contributed by atoms with Crippen molar-refractivity contribution >= 4 is 0 Å². The van der Waals surface area contributed by atoms with E-state index in [-0.39, 0.29) is 0 Å². The van der Waals surface area contributed by atoms with Gasteiger partial charge < -0.3 is 10.6 Å². The van der Waals surface area contributed by atoms with Gasteiger partial charge in [-0.3, -0.25) is 0 Å². The third-order valence-corrected chi connectivity index (χ3v) is 5.27. The largest absolute Gasteiger partial charge is 0.315 e. The van der Waals surface area contributed by atoms with Crippen molar-refractivity contribution in [3.05, 3.63) is 0 Å². The summed E-state index contributed by atoms with van der Waals surface area (Å²) < 4.78 is 0. The van der Waals surface area contributed by atoms with E-state index >= 15 is 0 Å². The van der Waals surface area contributed by atoms with Crippen molar-refractivity contribution in [1.29, 1.82) is 0 Å². The summed E-state index contributed by atoms with van der Waals surface area (Å²) in [5.74, 6) is 4.43. The van der Waals surface area contributed by atoms with E-state index < -0.39 is 0 Å². The fourth-order valence-electron chi connectivity index (χ4n) is 4.51. The van der Waals surface area contributed by atoms with Gasteiger partial charge in [0.2, 0.25) is 0 Å². The molecule has 2 bridgehead atoms. The maximum absolute atomic E-state index is 3.82. The Labute approximate surface area is 106 Å². The molecule has 2 N–H and O–H groups in total. The van der Waals surface area contributed by atoms with Crippen LogP contribution in [0.15, 0.2) is 0 Å². The van der Waals surface area contributed by atoms with Crippen LogP contribution in [0.25, 0.3) is 0 Å². The van der Waals surface area contributed by atoms with Gasteiger partial charge in [-0.1, -0.05) is 13.8 Å². The van der Waals surface area contributed by atoms with Gasteiger partial charge in [0.15, 0.2) is 0 Å². The molecule has 4 atom stereocenters. The summed E-state index contributed by atoms with van der Waals surface area (Å²) in [6, 6.07) is 1.57. The first-order valence-electron chi connectivity index (χ1n) is 7.74. The molecule has 98 valence electrons. The van der Waals surface area contributed by atoms with E-state index in [4.69, 9.17) is 0 Å². The number of hydrogen-bond donors (Lipinski definition) is 2. The molecule has 0 aromatic heterocycles. The lowest BCUT2D eigenvalue weighted by Gasteiger charge is -2.11. The minimum atomic E-state index is 0.640. The first kappa shape index (κ1) is 12.0. The van der Waals surface area contributed by atoms with Crippen molar-refractivity contribution < 1.29 is 0 Å². The Bertz CT molecular complexity index is 248. The van der Waals surface area contributed by atoms with Gasteiger partial charge in [-0.15, -0.1) is 0 Å². The highest BCUT2D eigenvalue weighted by Gasteiger charge is 2.64. The first-order valence-corrected chi connectivity index (χ1v) is 7.74. The predicted octanol–water partition coefficient (Wildman–Crippen LogP) is 2.40. The Morgan fingerprint density at radius 2 is 1.65 bits per heavy atom. The highest BCUT2D eigenvalue weighted by atomic mass is 15.0. The zero-order valence-corrected chi connectivity index (χ0v) is 11.4. The van der Waals surface area contributed by atoms with Crippen molar-refractivity contribution in [3.63, 3.8) is 0 Å². The van der Waals surface area contributed by atoms with Crippen LogP contribution in [0.4, 0.5) is 0 Å². The third-order valence-electron chi connectivity index (χ3n) is 5.27. The lowest BCUT2D eigenvalue weighted by Crippen LogP contribution is -2.26. The fourth-order valence-corrected chi connectivity index (χ4v) is 4.51. The summed E-state index contributed by atoms with van der Waals surface area (Å²) in [7, 11) is 0. The third kappa shape index (κ3) is 2.39. The molecular weight excluding hydrogens is 208 g/mol. The second-order valence-electron chi connectivity index (χ2n) is 6.78. The van der Waals surface area contributed by atoms with Crippen LogP contribution in [0.3, 0.4) is 0 Å². The average Bonchev–Trinajstić information content (AvgIpc) is 2.70. The first-order chi connectivity index (χ1) is 8.27. The Balaban J connectivity index is 1.25. The molecule has 3 aliphatic carbocycles. The normalized spacial score (nSPS) is 42.2. The zero-order chi connectivity index (χ0) is 11.8. The number of nitrogens with one attached hydrogen (secondary N) is 2. The van der Waals surface area contributed by atoms with E-state index in [1.807, 2.05) is 0 Å². The summed E-state index contributed by atoms with van der Waals surface area (Å²) in [4.78, 5) is 0. The van der Waals surface area contributed by atoms with E-state index in [9.17, 15) is 0 Å². The minimum Gasteiger partial charge on any atom is -0.315 e. The molecule has 0 aromatic carbocycles. The molecule has 17 heavy (non-hydrogen) atoms. The maximum atomic E-state index is 3.82. The monoisotopic (exact) mass is 236 g/mol. The average molecular weight is 236 g/mol. The van der Waals surface area contributed by atoms with Gasteiger partial charge in [0.1, 0.15) is 0 Å². The molecule has 0 aliphatic heterocycles. The van der Waals surface area contributed by atoms with Crippen LogP contribution in [-0.2, 0) is 0 Å². The van der Waals surface area contributed by atoms with Crippen molar-refractivity contribution in [1.82, 2.24) is 10.6 Å². The van der Waals surface area contributed by atoms with Crippen LogP contribution in [0.2, 0.25) is 0 Å². The van der Waals surface area contributed by atoms with E-state index in [0.29, 0.717) is 6.04 Å². The molecule has 0 heterocycles. The number of unbranched alkanes of at least 4 members (excludes halogenated alkanes) is 1. The SMILES string of the molecule is CC(C)NCCCCNC1C2C3CCC(C3)C12. The predicted molar refractivity (Wildman–Crippen MR) is 72.0 cm³/mol. The van der Waals surface area contributed by atoms with Crippen LogP contribution >= 0.6 is 0 Å². The molecule has 0 amide bonds. The molecule has 0 aromatic rings. The number of fused-ring (bicyclic) bond motifs is 5. The van der Waals surface area contributed by atoms with E-state index in [1.54, 1.807) is 19.3 Å². The molecule has 0 saturated heterocycles. The summed E-state index contributed by atoms with van der Waals surface area (Å²) in [6.07, 6.45) is 7.32. The molecule has 3 saturated carbocycles. The molecule has 0 spiro atoms. The van der Waals surface area contributed by atoms with Crippen LogP contribution in [0.1, 0.15) is 46.0 Å². The van der Waals surface area contributed by atoms with Crippen LogP contribution in [0.5, 0.6) is 0 Å². The Morgan fingerprint density at radius 3 is 2.29 bits per heavy atom. The minimum absolute atomic E-state index is 0.640. The van der Waals surface area contributed by atoms with Gasteiger partial charge in [0, 0.05) is 12.1 Å². The molecule has 2 nitrogen and oxygen atoms in total. The lowest BCUT2D eigenvalue weighted by molar-refractivity contribution is 0.454. The van der Waals surface area contributed by atoms with Gasteiger partial charge >= 0.3 is 0 Å². The second-order valence-corrected chi connectivity index (χ2v) is 6.78. The van der Waals surface area contributed by atoms with Crippen LogP contribution in [-0.4, -0.2) is 25.2 Å². The summed E-state index contributed by atoms with van der Waals surface area (Å²) in [5.41, 5.74) is 0. The lowest BCUT2D eigenvalue weighted by atomic mass is 10.0. The van der Waals surface area contributed by atoms with Gasteiger partial charge in [0.25, 0.3) is 0 Å². The molecule has 3 rings (SSSR count). The standard InChI is InChI=1S/C15H28N2/c1-10(2)16-7-3-4-8-17-15-13-11-5-6-12(9-11)14(13)15/h10-17H,3-9H2,1-2H3. The second kappa shape index (κ2) is 4.89. The Kier molecular flexibility index (Phi) is 3.45. The molecule has 2 heteroatoms. The molecule has 4 unspecified atom stereocenters. The topological polar surface area (TPSA) is 24.1 Å². The Hall–Kier alpha value is -0.0800. The molecule has 0 radical (unpaired) electrons. The quantitative estimate of drug-likeness (QED) is 0.663. The summed E-state index contributed by atoms with van der Waals surface area (Å²) >= 11 is 0. The van der Waals surface area contributed by atoms with Gasteiger partial charge in [-0.05, 0) is 68.9 Å². The van der Waals surface area contributed by atoms with Crippen molar-refractivity contribution in [2.75, 3.05) is 13.1 Å². The summed E-state index contributed by atoms with van der Waals surface area (Å²) in [6.45, 7) is 6.87. The smallest absolute Gasteiger partial charge is 0.0135 e. The zero-order valence-electron chi connectivity index (χ0n) is 11.4. The van der Waals surface area contributed by atoms with Crippen LogP contribution in [0, 0.1) is 23.7 Å². The molecule has 3 fully saturated rings.